The molecular weight excluding hydrogens is 276 g/mol. The predicted molar refractivity (Wildman–Crippen MR) is 90.8 cm³/mol. The standard InChI is InChI=1S/C18H20N2S/c1-2-9-20-17(18-12-19-13-21-18)11-14-7-8-15-5-3-4-6-16(15)10-14/h3-8,10,12-13,17,20H,2,9,11H2,1H3. The lowest BCUT2D eigenvalue weighted by Gasteiger charge is -2.17. The number of fused-ring (bicyclic) bond motifs is 1. The molecule has 2 aromatic carbocycles. The van der Waals surface area contributed by atoms with Gasteiger partial charge in [0.05, 0.1) is 5.51 Å². The lowest BCUT2D eigenvalue weighted by molar-refractivity contribution is 0.536. The molecule has 0 aliphatic heterocycles. The van der Waals surface area contributed by atoms with Gasteiger partial charge in [0.15, 0.2) is 0 Å². The maximum atomic E-state index is 4.22. The third-order valence-electron chi connectivity index (χ3n) is 3.69. The predicted octanol–water partition coefficient (Wildman–Crippen LogP) is 4.58. The van der Waals surface area contributed by atoms with E-state index in [1.807, 2.05) is 11.7 Å². The van der Waals surface area contributed by atoms with E-state index in [2.05, 4.69) is 59.7 Å². The fraction of sp³-hybridized carbons (Fsp3) is 0.278. The number of aromatic nitrogens is 1. The molecule has 108 valence electrons. The van der Waals surface area contributed by atoms with Gasteiger partial charge in [0.2, 0.25) is 0 Å². The molecule has 3 rings (SSSR count). The van der Waals surface area contributed by atoms with E-state index in [9.17, 15) is 0 Å². The Morgan fingerprint density at radius 2 is 2.00 bits per heavy atom. The lowest BCUT2D eigenvalue weighted by Crippen LogP contribution is -2.23. The van der Waals surface area contributed by atoms with Crippen LogP contribution in [0.4, 0.5) is 0 Å². The minimum absolute atomic E-state index is 0.360. The maximum absolute atomic E-state index is 4.22. The Bertz CT molecular complexity index is 691. The van der Waals surface area contributed by atoms with Gasteiger partial charge >= 0.3 is 0 Å². The summed E-state index contributed by atoms with van der Waals surface area (Å²) in [5.74, 6) is 0. The highest BCUT2D eigenvalue weighted by Crippen LogP contribution is 2.24. The van der Waals surface area contributed by atoms with Gasteiger partial charge in [-0.1, -0.05) is 49.4 Å². The van der Waals surface area contributed by atoms with E-state index >= 15 is 0 Å². The van der Waals surface area contributed by atoms with Gasteiger partial charge in [0, 0.05) is 17.1 Å². The molecular formula is C18H20N2S. The van der Waals surface area contributed by atoms with Gasteiger partial charge in [-0.15, -0.1) is 11.3 Å². The Morgan fingerprint density at radius 1 is 1.14 bits per heavy atom. The van der Waals surface area contributed by atoms with Crippen LogP contribution in [0.3, 0.4) is 0 Å². The molecule has 0 bridgehead atoms. The molecule has 3 heteroatoms. The van der Waals surface area contributed by atoms with Crippen molar-refractivity contribution in [2.24, 2.45) is 0 Å². The van der Waals surface area contributed by atoms with E-state index in [-0.39, 0.29) is 0 Å². The van der Waals surface area contributed by atoms with Crippen LogP contribution in [0.5, 0.6) is 0 Å². The van der Waals surface area contributed by atoms with Crippen molar-refractivity contribution in [1.29, 1.82) is 0 Å². The maximum Gasteiger partial charge on any atom is 0.0794 e. The summed E-state index contributed by atoms with van der Waals surface area (Å²) < 4.78 is 0. The molecule has 2 nitrogen and oxygen atoms in total. The molecule has 0 spiro atoms. The molecule has 1 unspecified atom stereocenters. The van der Waals surface area contributed by atoms with E-state index in [4.69, 9.17) is 0 Å². The van der Waals surface area contributed by atoms with Crippen molar-refractivity contribution in [3.05, 3.63) is 64.6 Å². The molecule has 0 aliphatic carbocycles. The van der Waals surface area contributed by atoms with Crippen LogP contribution in [-0.2, 0) is 6.42 Å². The third-order valence-corrected chi connectivity index (χ3v) is 4.58. The second-order valence-electron chi connectivity index (χ2n) is 5.30. The first-order valence-electron chi connectivity index (χ1n) is 7.46. The number of rotatable bonds is 6. The zero-order valence-corrected chi connectivity index (χ0v) is 13.1. The van der Waals surface area contributed by atoms with E-state index in [1.54, 1.807) is 11.3 Å². The Labute approximate surface area is 129 Å². The van der Waals surface area contributed by atoms with Gasteiger partial charge in [-0.25, -0.2) is 0 Å². The summed E-state index contributed by atoms with van der Waals surface area (Å²) in [6.07, 6.45) is 4.14. The van der Waals surface area contributed by atoms with Gasteiger partial charge in [-0.05, 0) is 35.7 Å². The monoisotopic (exact) mass is 296 g/mol. The molecule has 21 heavy (non-hydrogen) atoms. The van der Waals surface area contributed by atoms with Crippen LogP contribution in [0, 0.1) is 0 Å². The molecule has 3 aromatic rings. The van der Waals surface area contributed by atoms with Crippen LogP contribution >= 0.6 is 11.3 Å². The van der Waals surface area contributed by atoms with Gasteiger partial charge in [0.1, 0.15) is 0 Å². The molecule has 0 radical (unpaired) electrons. The fourth-order valence-corrected chi connectivity index (χ4v) is 3.29. The third kappa shape index (κ3) is 3.49. The zero-order valence-electron chi connectivity index (χ0n) is 12.3. The summed E-state index contributed by atoms with van der Waals surface area (Å²) in [4.78, 5) is 5.54. The summed E-state index contributed by atoms with van der Waals surface area (Å²) in [6, 6.07) is 15.6. The molecule has 0 fully saturated rings. The summed E-state index contributed by atoms with van der Waals surface area (Å²) in [6.45, 7) is 3.24. The number of hydrogen-bond acceptors (Lipinski definition) is 3. The molecule has 1 aromatic heterocycles. The van der Waals surface area contributed by atoms with Crippen molar-refractivity contribution >= 4 is 22.1 Å². The lowest BCUT2D eigenvalue weighted by atomic mass is 10.0. The molecule has 0 saturated carbocycles. The summed E-state index contributed by atoms with van der Waals surface area (Å²) in [5.41, 5.74) is 3.28. The van der Waals surface area contributed by atoms with Crippen LogP contribution < -0.4 is 5.32 Å². The first-order valence-corrected chi connectivity index (χ1v) is 8.34. The quantitative estimate of drug-likeness (QED) is 0.720. The van der Waals surface area contributed by atoms with Gasteiger partial charge < -0.3 is 5.32 Å². The van der Waals surface area contributed by atoms with Crippen molar-refractivity contribution in [2.75, 3.05) is 6.54 Å². The summed E-state index contributed by atoms with van der Waals surface area (Å²) in [5, 5.41) is 6.26. The summed E-state index contributed by atoms with van der Waals surface area (Å²) >= 11 is 1.73. The van der Waals surface area contributed by atoms with Gasteiger partial charge in [-0.2, -0.15) is 0 Å². The number of thiazole rings is 1. The minimum Gasteiger partial charge on any atom is -0.309 e. The van der Waals surface area contributed by atoms with Crippen molar-refractivity contribution < 1.29 is 0 Å². The second-order valence-corrected chi connectivity index (χ2v) is 6.21. The number of nitrogens with one attached hydrogen (secondary N) is 1. The van der Waals surface area contributed by atoms with Crippen LogP contribution in [0.15, 0.2) is 54.2 Å². The first-order chi connectivity index (χ1) is 10.4. The van der Waals surface area contributed by atoms with Crippen LogP contribution in [0.1, 0.15) is 29.8 Å². The molecule has 1 N–H and O–H groups in total. The number of hydrogen-bond donors (Lipinski definition) is 1. The van der Waals surface area contributed by atoms with E-state index in [0.29, 0.717) is 6.04 Å². The van der Waals surface area contributed by atoms with Gasteiger partial charge in [-0.3, -0.25) is 4.98 Å². The first kappa shape index (κ1) is 14.2. The second kappa shape index (κ2) is 6.83. The van der Waals surface area contributed by atoms with E-state index in [0.717, 1.165) is 19.4 Å². The van der Waals surface area contributed by atoms with Crippen molar-refractivity contribution in [3.8, 4) is 0 Å². The van der Waals surface area contributed by atoms with Crippen molar-refractivity contribution in [3.63, 3.8) is 0 Å². The largest absolute Gasteiger partial charge is 0.309 e. The summed E-state index contributed by atoms with van der Waals surface area (Å²) in [7, 11) is 0. The molecule has 0 amide bonds. The topological polar surface area (TPSA) is 24.9 Å². The zero-order chi connectivity index (χ0) is 14.5. The SMILES string of the molecule is CCCNC(Cc1ccc2ccccc2c1)c1cncs1. The average Bonchev–Trinajstić information content (AvgIpc) is 3.05. The molecule has 1 atom stereocenters. The minimum atomic E-state index is 0.360. The molecule has 0 saturated heterocycles. The number of benzene rings is 2. The Kier molecular flexibility index (Phi) is 4.63. The highest BCUT2D eigenvalue weighted by molar-refractivity contribution is 7.09. The Hall–Kier alpha value is -1.71. The molecule has 0 aliphatic rings. The van der Waals surface area contributed by atoms with Crippen molar-refractivity contribution in [1.82, 2.24) is 10.3 Å². The smallest absolute Gasteiger partial charge is 0.0794 e. The van der Waals surface area contributed by atoms with Crippen LogP contribution in [0.25, 0.3) is 10.8 Å². The normalized spacial score (nSPS) is 12.6. The highest BCUT2D eigenvalue weighted by Gasteiger charge is 2.13. The fourth-order valence-electron chi connectivity index (χ4n) is 2.59. The molecule has 1 heterocycles. The van der Waals surface area contributed by atoms with Crippen molar-refractivity contribution in [2.45, 2.75) is 25.8 Å². The van der Waals surface area contributed by atoms with E-state index < -0.39 is 0 Å². The Morgan fingerprint density at radius 3 is 2.76 bits per heavy atom. The van der Waals surface area contributed by atoms with Gasteiger partial charge in [0.25, 0.3) is 0 Å². The van der Waals surface area contributed by atoms with E-state index in [1.165, 1.54) is 21.2 Å². The Balaban J connectivity index is 1.83. The highest BCUT2D eigenvalue weighted by atomic mass is 32.1. The van der Waals surface area contributed by atoms with Crippen LogP contribution in [0.2, 0.25) is 0 Å². The van der Waals surface area contributed by atoms with Crippen LogP contribution in [-0.4, -0.2) is 11.5 Å². The average molecular weight is 296 g/mol. The number of nitrogens with zero attached hydrogens (tertiary/aromatic N) is 1.